The normalized spacial score (nSPS) is 10.1. The van der Waals surface area contributed by atoms with E-state index in [0.717, 1.165) is 25.1 Å². The summed E-state index contributed by atoms with van der Waals surface area (Å²) in [6.45, 7) is 2.09. The number of carbonyl (C=O) groups excluding carboxylic acids is 1. The van der Waals surface area contributed by atoms with Crippen molar-refractivity contribution in [2.45, 2.75) is 26.2 Å². The van der Waals surface area contributed by atoms with E-state index in [9.17, 15) is 4.79 Å². The molecule has 0 unspecified atom stereocenters. The van der Waals surface area contributed by atoms with Crippen LogP contribution in [0.5, 0.6) is 0 Å². The van der Waals surface area contributed by atoms with E-state index in [4.69, 9.17) is 5.73 Å². The van der Waals surface area contributed by atoms with Crippen molar-refractivity contribution in [3.63, 3.8) is 0 Å². The maximum Gasteiger partial charge on any atom is 0.358 e. The topological polar surface area (TPSA) is 81.0 Å². The lowest BCUT2D eigenvalue weighted by molar-refractivity contribution is 0.0596. The van der Waals surface area contributed by atoms with Gasteiger partial charge in [0.05, 0.1) is 7.11 Å². The van der Waals surface area contributed by atoms with E-state index >= 15 is 0 Å². The van der Waals surface area contributed by atoms with Crippen molar-refractivity contribution >= 4 is 11.8 Å². The van der Waals surface area contributed by atoms with E-state index in [1.54, 1.807) is 0 Å². The van der Waals surface area contributed by atoms with Crippen LogP contribution in [-0.2, 0) is 11.2 Å². The smallest absolute Gasteiger partial charge is 0.358 e. The second-order valence-electron chi connectivity index (χ2n) is 3.04. The maximum atomic E-state index is 11.1. The Labute approximate surface area is 82.7 Å². The molecule has 1 aromatic heterocycles. The van der Waals surface area contributed by atoms with Crippen molar-refractivity contribution in [2.75, 3.05) is 12.8 Å². The fourth-order valence-electron chi connectivity index (χ4n) is 1.16. The molecule has 0 amide bonds. The Morgan fingerprint density at radius 1 is 1.64 bits per heavy atom. The van der Waals surface area contributed by atoms with Crippen LogP contribution in [0.4, 0.5) is 5.82 Å². The highest BCUT2D eigenvalue weighted by Gasteiger charge is 2.14. The molecule has 0 aromatic carbocycles. The number of methoxy groups -OCH3 is 1. The van der Waals surface area contributed by atoms with Gasteiger partial charge in [0, 0.05) is 6.42 Å². The number of carbonyl (C=O) groups is 1. The Kier molecular flexibility index (Phi) is 3.50. The summed E-state index contributed by atoms with van der Waals surface area (Å²) in [6, 6.07) is 0. The number of nitrogens with one attached hydrogen (secondary N) is 1. The van der Waals surface area contributed by atoms with E-state index in [2.05, 4.69) is 21.6 Å². The SMILES string of the molecule is CCCCc1nc(N)c(C(=O)OC)[nH]1. The van der Waals surface area contributed by atoms with Gasteiger partial charge in [-0.3, -0.25) is 0 Å². The van der Waals surface area contributed by atoms with Gasteiger partial charge in [0.25, 0.3) is 0 Å². The highest BCUT2D eigenvalue weighted by atomic mass is 16.5. The van der Waals surface area contributed by atoms with Gasteiger partial charge < -0.3 is 15.5 Å². The molecule has 0 aliphatic carbocycles. The molecule has 0 spiro atoms. The Hall–Kier alpha value is -1.52. The minimum absolute atomic E-state index is 0.211. The summed E-state index contributed by atoms with van der Waals surface area (Å²) in [5.41, 5.74) is 5.80. The molecule has 1 rings (SSSR count). The van der Waals surface area contributed by atoms with Crippen LogP contribution in [0.1, 0.15) is 36.1 Å². The second-order valence-corrected chi connectivity index (χ2v) is 3.04. The van der Waals surface area contributed by atoms with Crippen LogP contribution in [0.15, 0.2) is 0 Å². The van der Waals surface area contributed by atoms with Crippen LogP contribution < -0.4 is 5.73 Å². The number of H-pyrrole nitrogens is 1. The lowest BCUT2D eigenvalue weighted by Crippen LogP contribution is -2.05. The summed E-state index contributed by atoms with van der Waals surface area (Å²) in [7, 11) is 1.31. The maximum absolute atomic E-state index is 11.1. The van der Waals surface area contributed by atoms with Crippen molar-refractivity contribution in [3.8, 4) is 0 Å². The number of nitrogens with zero attached hydrogens (tertiary/aromatic N) is 1. The van der Waals surface area contributed by atoms with Gasteiger partial charge in [-0.1, -0.05) is 13.3 Å². The molecular formula is C9H15N3O2. The molecule has 0 saturated heterocycles. The van der Waals surface area contributed by atoms with Crippen LogP contribution in [0, 0.1) is 0 Å². The highest BCUT2D eigenvalue weighted by molar-refractivity contribution is 5.92. The third-order valence-electron chi connectivity index (χ3n) is 1.94. The van der Waals surface area contributed by atoms with Gasteiger partial charge in [0.1, 0.15) is 5.82 Å². The number of nitrogens with two attached hydrogens (primary N) is 1. The molecule has 78 valence electrons. The molecule has 0 saturated carbocycles. The monoisotopic (exact) mass is 197 g/mol. The number of hydrogen-bond acceptors (Lipinski definition) is 4. The summed E-state index contributed by atoms with van der Waals surface area (Å²) in [6.07, 6.45) is 2.90. The van der Waals surface area contributed by atoms with E-state index in [-0.39, 0.29) is 11.5 Å². The van der Waals surface area contributed by atoms with Crippen LogP contribution in [0.3, 0.4) is 0 Å². The number of esters is 1. The first-order chi connectivity index (χ1) is 6.69. The third kappa shape index (κ3) is 2.25. The van der Waals surface area contributed by atoms with E-state index in [0.29, 0.717) is 0 Å². The molecule has 3 N–H and O–H groups in total. The lowest BCUT2D eigenvalue weighted by Gasteiger charge is -1.94. The molecular weight excluding hydrogens is 182 g/mol. The first-order valence-electron chi connectivity index (χ1n) is 4.61. The second kappa shape index (κ2) is 4.64. The quantitative estimate of drug-likeness (QED) is 0.709. The Morgan fingerprint density at radius 3 is 2.93 bits per heavy atom. The van der Waals surface area contributed by atoms with Crippen molar-refractivity contribution in [1.82, 2.24) is 9.97 Å². The molecule has 0 aliphatic heterocycles. The van der Waals surface area contributed by atoms with Gasteiger partial charge in [0.15, 0.2) is 11.5 Å². The fourth-order valence-corrected chi connectivity index (χ4v) is 1.16. The van der Waals surface area contributed by atoms with Crippen molar-refractivity contribution in [1.29, 1.82) is 0 Å². The minimum atomic E-state index is -0.474. The molecule has 1 heterocycles. The predicted octanol–water partition coefficient (Wildman–Crippen LogP) is 1.12. The van der Waals surface area contributed by atoms with Gasteiger partial charge in [-0.25, -0.2) is 9.78 Å². The van der Waals surface area contributed by atoms with E-state index in [1.165, 1.54) is 7.11 Å². The summed E-state index contributed by atoms with van der Waals surface area (Å²) in [5.74, 6) is 0.477. The van der Waals surface area contributed by atoms with Gasteiger partial charge in [-0.05, 0) is 6.42 Å². The number of nitrogen functional groups attached to an aromatic ring is 1. The number of aromatic nitrogens is 2. The zero-order valence-electron chi connectivity index (χ0n) is 8.46. The summed E-state index contributed by atoms with van der Waals surface area (Å²) < 4.78 is 4.54. The van der Waals surface area contributed by atoms with Crippen LogP contribution >= 0.6 is 0 Å². The van der Waals surface area contributed by atoms with Gasteiger partial charge >= 0.3 is 5.97 Å². The first kappa shape index (κ1) is 10.6. The summed E-state index contributed by atoms with van der Waals surface area (Å²) >= 11 is 0. The number of aryl methyl sites for hydroxylation is 1. The van der Waals surface area contributed by atoms with Crippen LogP contribution in [0.2, 0.25) is 0 Å². The highest BCUT2D eigenvalue weighted by Crippen LogP contribution is 2.11. The number of ether oxygens (including phenoxy) is 1. The number of hydrogen-bond donors (Lipinski definition) is 2. The molecule has 1 aromatic rings. The zero-order chi connectivity index (χ0) is 10.6. The van der Waals surface area contributed by atoms with Crippen molar-refractivity contribution in [3.05, 3.63) is 11.5 Å². The molecule has 5 heteroatoms. The van der Waals surface area contributed by atoms with Gasteiger partial charge in [0.2, 0.25) is 0 Å². The molecule has 0 fully saturated rings. The predicted molar refractivity (Wildman–Crippen MR) is 53.0 cm³/mol. The average molecular weight is 197 g/mol. The average Bonchev–Trinajstić information content (AvgIpc) is 2.55. The molecule has 0 radical (unpaired) electrons. The van der Waals surface area contributed by atoms with Gasteiger partial charge in [-0.2, -0.15) is 0 Å². The van der Waals surface area contributed by atoms with E-state index < -0.39 is 5.97 Å². The standard InChI is InChI=1S/C9H15N3O2/c1-3-4-5-6-11-7(8(10)12-6)9(13)14-2/h3-5,10H2,1-2H3,(H,11,12). The number of rotatable bonds is 4. The Bertz CT molecular complexity index is 320. The zero-order valence-corrected chi connectivity index (χ0v) is 8.46. The lowest BCUT2D eigenvalue weighted by atomic mass is 10.2. The summed E-state index contributed by atoms with van der Waals surface area (Å²) in [5, 5.41) is 0. The number of unbranched alkanes of at least 4 members (excludes halogenated alkanes) is 1. The molecule has 14 heavy (non-hydrogen) atoms. The molecule has 0 bridgehead atoms. The van der Waals surface area contributed by atoms with Crippen molar-refractivity contribution in [2.24, 2.45) is 0 Å². The van der Waals surface area contributed by atoms with Crippen LogP contribution in [-0.4, -0.2) is 23.0 Å². The number of anilines is 1. The minimum Gasteiger partial charge on any atom is -0.464 e. The largest absolute Gasteiger partial charge is 0.464 e. The van der Waals surface area contributed by atoms with E-state index in [1.807, 2.05) is 0 Å². The number of imidazole rings is 1. The molecule has 5 nitrogen and oxygen atoms in total. The first-order valence-corrected chi connectivity index (χ1v) is 4.61. The molecule has 0 aliphatic rings. The molecule has 0 atom stereocenters. The van der Waals surface area contributed by atoms with Gasteiger partial charge in [-0.15, -0.1) is 0 Å². The van der Waals surface area contributed by atoms with Crippen molar-refractivity contribution < 1.29 is 9.53 Å². The number of aromatic amines is 1. The Balaban J connectivity index is 2.77. The summed E-state index contributed by atoms with van der Waals surface area (Å²) in [4.78, 5) is 18.0. The Morgan fingerprint density at radius 2 is 2.36 bits per heavy atom. The fraction of sp³-hybridized carbons (Fsp3) is 0.556. The third-order valence-corrected chi connectivity index (χ3v) is 1.94. The van der Waals surface area contributed by atoms with Crippen LogP contribution in [0.25, 0.3) is 0 Å².